The van der Waals surface area contributed by atoms with Gasteiger partial charge in [-0.25, -0.2) is 8.42 Å². The van der Waals surface area contributed by atoms with E-state index in [1.165, 1.54) is 4.31 Å². The van der Waals surface area contributed by atoms with Crippen LogP contribution in [-0.4, -0.2) is 39.8 Å². The number of benzene rings is 3. The highest BCUT2D eigenvalue weighted by Gasteiger charge is 2.31. The second kappa shape index (κ2) is 9.83. The summed E-state index contributed by atoms with van der Waals surface area (Å²) in [6.07, 6.45) is 1.46. The Balaban J connectivity index is 1.63. The van der Waals surface area contributed by atoms with Gasteiger partial charge in [-0.3, -0.25) is 9.10 Å². The number of carbonyl (C=O) groups excluding carboxylic acids is 1. The first-order valence-corrected chi connectivity index (χ1v) is 12.1. The third-order valence-electron chi connectivity index (χ3n) is 5.01. The molecule has 0 saturated carbocycles. The van der Waals surface area contributed by atoms with Crippen LogP contribution in [0.4, 0.5) is 5.69 Å². The third-order valence-corrected chi connectivity index (χ3v) is 6.19. The highest BCUT2D eigenvalue weighted by molar-refractivity contribution is 7.92. The smallest absolute Gasteiger partial charge is 0.244 e. The fourth-order valence-electron chi connectivity index (χ4n) is 3.47. The predicted octanol–water partition coefficient (Wildman–Crippen LogP) is 3.89. The third kappa shape index (κ3) is 5.76. The number of rotatable bonds is 9. The summed E-state index contributed by atoms with van der Waals surface area (Å²) < 4.78 is 31.9. The molecule has 3 rings (SSSR count). The summed E-state index contributed by atoms with van der Waals surface area (Å²) in [6.45, 7) is 4.27. The summed E-state index contributed by atoms with van der Waals surface area (Å²) in [5.74, 6) is 0.369. The molecule has 1 amide bonds. The number of sulfonamides is 1. The van der Waals surface area contributed by atoms with E-state index in [2.05, 4.69) is 5.32 Å². The maximum absolute atomic E-state index is 12.8. The van der Waals surface area contributed by atoms with Crippen molar-refractivity contribution in [3.8, 4) is 5.75 Å². The molecule has 6 nitrogen and oxygen atoms in total. The van der Waals surface area contributed by atoms with E-state index in [0.717, 1.165) is 28.3 Å². The molecule has 164 valence electrons. The molecule has 0 saturated heterocycles. The van der Waals surface area contributed by atoms with Gasteiger partial charge in [0.25, 0.3) is 0 Å². The summed E-state index contributed by atoms with van der Waals surface area (Å²) in [7, 11) is -3.64. The SMILES string of the molecule is CC[C@H](C(=O)NCCOc1ccc2ccccc2c1)N(c1ccc(C)cc1)S(C)(=O)=O. The Hall–Kier alpha value is -3.06. The highest BCUT2D eigenvalue weighted by atomic mass is 32.2. The highest BCUT2D eigenvalue weighted by Crippen LogP contribution is 2.23. The molecule has 7 heteroatoms. The maximum atomic E-state index is 12.8. The van der Waals surface area contributed by atoms with Crippen molar-refractivity contribution in [1.82, 2.24) is 5.32 Å². The van der Waals surface area contributed by atoms with Crippen molar-refractivity contribution in [3.05, 3.63) is 72.3 Å². The van der Waals surface area contributed by atoms with E-state index >= 15 is 0 Å². The molecule has 0 fully saturated rings. The van der Waals surface area contributed by atoms with Gasteiger partial charge in [-0.15, -0.1) is 0 Å². The number of aryl methyl sites for hydroxylation is 1. The lowest BCUT2D eigenvalue weighted by molar-refractivity contribution is -0.122. The zero-order chi connectivity index (χ0) is 22.4. The summed E-state index contributed by atoms with van der Waals surface area (Å²) in [6, 6.07) is 20.1. The summed E-state index contributed by atoms with van der Waals surface area (Å²) >= 11 is 0. The molecule has 0 unspecified atom stereocenters. The molecule has 0 aliphatic rings. The van der Waals surface area contributed by atoms with Crippen LogP contribution in [0.25, 0.3) is 10.8 Å². The minimum absolute atomic E-state index is 0.271. The lowest BCUT2D eigenvalue weighted by atomic mass is 10.1. The first kappa shape index (κ1) is 22.6. The maximum Gasteiger partial charge on any atom is 0.244 e. The molecule has 0 aliphatic carbocycles. The Morgan fingerprint density at radius 3 is 2.35 bits per heavy atom. The largest absolute Gasteiger partial charge is 0.492 e. The number of amides is 1. The molecule has 0 spiro atoms. The van der Waals surface area contributed by atoms with Gasteiger partial charge < -0.3 is 10.1 Å². The van der Waals surface area contributed by atoms with E-state index in [4.69, 9.17) is 4.74 Å². The van der Waals surface area contributed by atoms with Crippen molar-refractivity contribution >= 4 is 32.4 Å². The molecule has 1 N–H and O–H groups in total. The van der Waals surface area contributed by atoms with Gasteiger partial charge in [-0.2, -0.15) is 0 Å². The molecule has 0 aromatic heterocycles. The van der Waals surface area contributed by atoms with Crippen LogP contribution >= 0.6 is 0 Å². The van der Waals surface area contributed by atoms with Gasteiger partial charge in [0.05, 0.1) is 18.5 Å². The van der Waals surface area contributed by atoms with Gasteiger partial charge in [0.15, 0.2) is 0 Å². The Bertz CT molecular complexity index is 1140. The predicted molar refractivity (Wildman–Crippen MR) is 125 cm³/mol. The lowest BCUT2D eigenvalue weighted by Crippen LogP contribution is -2.50. The summed E-state index contributed by atoms with van der Waals surface area (Å²) in [4.78, 5) is 12.8. The van der Waals surface area contributed by atoms with Crippen LogP contribution in [0, 0.1) is 6.92 Å². The molecule has 31 heavy (non-hydrogen) atoms. The van der Waals surface area contributed by atoms with Crippen molar-refractivity contribution in [2.24, 2.45) is 0 Å². The number of hydrogen-bond donors (Lipinski definition) is 1. The fourth-order valence-corrected chi connectivity index (χ4v) is 4.68. The topological polar surface area (TPSA) is 75.7 Å². The van der Waals surface area contributed by atoms with E-state index in [1.807, 2.05) is 61.5 Å². The summed E-state index contributed by atoms with van der Waals surface area (Å²) in [5, 5.41) is 5.02. The van der Waals surface area contributed by atoms with Crippen molar-refractivity contribution in [2.75, 3.05) is 23.7 Å². The fraction of sp³-hybridized carbons (Fsp3) is 0.292. The van der Waals surface area contributed by atoms with Crippen molar-refractivity contribution < 1.29 is 17.9 Å². The van der Waals surface area contributed by atoms with E-state index in [0.29, 0.717) is 12.1 Å². The summed E-state index contributed by atoms with van der Waals surface area (Å²) in [5.41, 5.74) is 1.49. The van der Waals surface area contributed by atoms with Crippen molar-refractivity contribution in [1.29, 1.82) is 0 Å². The Morgan fingerprint density at radius 1 is 1.03 bits per heavy atom. The average molecular weight is 441 g/mol. The monoisotopic (exact) mass is 440 g/mol. The van der Waals surface area contributed by atoms with Crippen LogP contribution < -0.4 is 14.4 Å². The van der Waals surface area contributed by atoms with Gasteiger partial charge in [0.1, 0.15) is 18.4 Å². The van der Waals surface area contributed by atoms with Gasteiger partial charge in [0.2, 0.25) is 15.9 Å². The molecule has 0 radical (unpaired) electrons. The van der Waals surface area contributed by atoms with Crippen LogP contribution in [0.15, 0.2) is 66.7 Å². The zero-order valence-corrected chi connectivity index (χ0v) is 18.9. The first-order chi connectivity index (χ1) is 14.8. The Labute approximate surface area is 183 Å². The van der Waals surface area contributed by atoms with Crippen LogP contribution in [0.3, 0.4) is 0 Å². The number of nitrogens with zero attached hydrogens (tertiary/aromatic N) is 1. The van der Waals surface area contributed by atoms with E-state index in [-0.39, 0.29) is 19.1 Å². The van der Waals surface area contributed by atoms with E-state index < -0.39 is 16.1 Å². The lowest BCUT2D eigenvalue weighted by Gasteiger charge is -2.30. The van der Waals surface area contributed by atoms with Crippen molar-refractivity contribution in [2.45, 2.75) is 26.3 Å². The standard InChI is InChI=1S/C24H28N2O4S/c1-4-23(26(31(3,28)29)21-12-9-18(2)10-13-21)24(27)25-15-16-30-22-14-11-19-7-5-6-8-20(19)17-22/h5-14,17,23H,4,15-16H2,1-3H3,(H,25,27)/t23-/m1/s1. The zero-order valence-electron chi connectivity index (χ0n) is 18.0. The van der Waals surface area contributed by atoms with Crippen LogP contribution in [0.2, 0.25) is 0 Å². The van der Waals surface area contributed by atoms with Gasteiger partial charge in [0, 0.05) is 0 Å². The van der Waals surface area contributed by atoms with Gasteiger partial charge in [-0.05, 0) is 48.4 Å². The first-order valence-electron chi connectivity index (χ1n) is 10.2. The molecular formula is C24H28N2O4S. The molecule has 0 bridgehead atoms. The molecule has 3 aromatic rings. The van der Waals surface area contributed by atoms with Gasteiger partial charge in [-0.1, -0.05) is 55.0 Å². The average Bonchev–Trinajstić information content (AvgIpc) is 2.74. The number of ether oxygens (including phenoxy) is 1. The minimum atomic E-state index is -3.64. The Kier molecular flexibility index (Phi) is 7.17. The molecule has 3 aromatic carbocycles. The second-order valence-electron chi connectivity index (χ2n) is 7.47. The normalized spacial score (nSPS) is 12.4. The van der Waals surface area contributed by atoms with E-state index in [1.54, 1.807) is 19.1 Å². The minimum Gasteiger partial charge on any atom is -0.492 e. The van der Waals surface area contributed by atoms with Crippen LogP contribution in [0.1, 0.15) is 18.9 Å². The quantitative estimate of drug-likeness (QED) is 0.512. The van der Waals surface area contributed by atoms with Crippen molar-refractivity contribution in [3.63, 3.8) is 0 Å². The Morgan fingerprint density at radius 2 is 1.71 bits per heavy atom. The number of hydrogen-bond acceptors (Lipinski definition) is 4. The number of carbonyl (C=O) groups is 1. The van der Waals surface area contributed by atoms with Crippen LogP contribution in [0.5, 0.6) is 5.75 Å². The molecule has 0 heterocycles. The molecule has 0 aliphatic heterocycles. The van der Waals surface area contributed by atoms with Gasteiger partial charge >= 0.3 is 0 Å². The van der Waals surface area contributed by atoms with Crippen LogP contribution in [-0.2, 0) is 14.8 Å². The second-order valence-corrected chi connectivity index (χ2v) is 9.33. The number of nitrogens with one attached hydrogen (secondary N) is 1. The number of anilines is 1. The number of fused-ring (bicyclic) bond motifs is 1. The molecule has 1 atom stereocenters. The van der Waals surface area contributed by atoms with E-state index in [9.17, 15) is 13.2 Å². The molecular weight excluding hydrogens is 412 g/mol.